The Hall–Kier alpha value is -2.28. The van der Waals surface area contributed by atoms with E-state index in [-0.39, 0.29) is 30.3 Å². The number of halogens is 1. The molecule has 1 aromatic rings. The summed E-state index contributed by atoms with van der Waals surface area (Å²) in [6.07, 6.45) is 7.00. The lowest BCUT2D eigenvalue weighted by Crippen LogP contribution is -2.05. The number of hydrogen-bond acceptors (Lipinski definition) is 3. The quantitative estimate of drug-likeness (QED) is 0.322. The lowest BCUT2D eigenvalue weighted by atomic mass is 10.2. The average molecular weight is 248 g/mol. The molecule has 0 unspecified atom stereocenters. The standard InChI is InChI=1S/C14H13FO3/c1-3-5-10-17-12-8-6-7-11(14(15)16)13(12)18-9-4-2/h1,4,6-8H,2,5,9-10H2. The van der Waals surface area contributed by atoms with Crippen molar-refractivity contribution in [2.24, 2.45) is 0 Å². The molecule has 3 nitrogen and oxygen atoms in total. The number of terminal acetylenes is 1. The highest BCUT2D eigenvalue weighted by Crippen LogP contribution is 2.32. The van der Waals surface area contributed by atoms with Crippen molar-refractivity contribution in [3.8, 4) is 23.8 Å². The van der Waals surface area contributed by atoms with Gasteiger partial charge >= 0.3 is 6.04 Å². The van der Waals surface area contributed by atoms with Gasteiger partial charge in [0.05, 0.1) is 12.2 Å². The molecule has 0 saturated carbocycles. The van der Waals surface area contributed by atoms with Gasteiger partial charge in [-0.25, -0.2) is 0 Å². The molecular weight excluding hydrogens is 235 g/mol. The van der Waals surface area contributed by atoms with Crippen LogP contribution in [0.3, 0.4) is 0 Å². The Morgan fingerprint density at radius 3 is 2.89 bits per heavy atom. The predicted molar refractivity (Wildman–Crippen MR) is 66.5 cm³/mol. The average Bonchev–Trinajstić information content (AvgIpc) is 2.37. The topological polar surface area (TPSA) is 35.5 Å². The first kappa shape index (κ1) is 13.8. The Balaban J connectivity index is 2.99. The van der Waals surface area contributed by atoms with E-state index in [1.54, 1.807) is 6.07 Å². The van der Waals surface area contributed by atoms with Gasteiger partial charge in [-0.2, -0.15) is 4.39 Å². The second-order valence-electron chi connectivity index (χ2n) is 3.31. The summed E-state index contributed by atoms with van der Waals surface area (Å²) < 4.78 is 23.5. The van der Waals surface area contributed by atoms with Gasteiger partial charge in [-0.05, 0) is 12.1 Å². The summed E-state index contributed by atoms with van der Waals surface area (Å²) in [6.45, 7) is 3.90. The Morgan fingerprint density at radius 1 is 1.50 bits per heavy atom. The zero-order chi connectivity index (χ0) is 13.4. The Kier molecular flexibility index (Phi) is 5.46. The van der Waals surface area contributed by atoms with Gasteiger partial charge in [0.15, 0.2) is 11.5 Å². The number of para-hydroxylation sites is 1. The van der Waals surface area contributed by atoms with Crippen LogP contribution in [-0.4, -0.2) is 19.3 Å². The van der Waals surface area contributed by atoms with Crippen LogP contribution in [0.4, 0.5) is 4.39 Å². The Bertz CT molecular complexity index is 474. The molecule has 0 N–H and O–H groups in total. The van der Waals surface area contributed by atoms with Crippen LogP contribution in [0.15, 0.2) is 30.9 Å². The fraction of sp³-hybridized carbons (Fsp3) is 0.214. The van der Waals surface area contributed by atoms with Crippen LogP contribution in [0.2, 0.25) is 0 Å². The van der Waals surface area contributed by atoms with Crippen LogP contribution in [0, 0.1) is 12.3 Å². The van der Waals surface area contributed by atoms with E-state index in [0.29, 0.717) is 6.42 Å². The van der Waals surface area contributed by atoms with Crippen molar-refractivity contribution in [1.82, 2.24) is 0 Å². The third-order valence-electron chi connectivity index (χ3n) is 2.04. The summed E-state index contributed by atoms with van der Waals surface area (Å²) >= 11 is 0. The summed E-state index contributed by atoms with van der Waals surface area (Å²) in [6, 6.07) is 2.85. The van der Waals surface area contributed by atoms with Crippen molar-refractivity contribution in [3.05, 3.63) is 36.4 Å². The van der Waals surface area contributed by atoms with Gasteiger partial charge in [0.25, 0.3) is 0 Å². The number of hydrogen-bond donors (Lipinski definition) is 0. The molecule has 18 heavy (non-hydrogen) atoms. The second-order valence-corrected chi connectivity index (χ2v) is 3.31. The molecule has 94 valence electrons. The molecule has 0 atom stereocenters. The van der Waals surface area contributed by atoms with Crippen molar-refractivity contribution in [3.63, 3.8) is 0 Å². The Labute approximate surface area is 105 Å². The van der Waals surface area contributed by atoms with Gasteiger partial charge in [-0.3, -0.25) is 4.79 Å². The smallest absolute Gasteiger partial charge is 0.336 e. The zero-order valence-corrected chi connectivity index (χ0v) is 9.82. The van der Waals surface area contributed by atoms with E-state index in [9.17, 15) is 9.18 Å². The summed E-state index contributed by atoms with van der Waals surface area (Å²) in [5, 5.41) is 0. The largest absolute Gasteiger partial charge is 0.489 e. The van der Waals surface area contributed by atoms with Gasteiger partial charge in [0.2, 0.25) is 0 Å². The summed E-state index contributed by atoms with van der Waals surface area (Å²) in [4.78, 5) is 10.9. The summed E-state index contributed by atoms with van der Waals surface area (Å²) in [7, 11) is 0. The number of benzene rings is 1. The molecule has 0 bridgehead atoms. The highest BCUT2D eigenvalue weighted by atomic mass is 19.1. The first-order valence-corrected chi connectivity index (χ1v) is 5.33. The van der Waals surface area contributed by atoms with Crippen molar-refractivity contribution in [1.29, 1.82) is 0 Å². The SMILES string of the molecule is C#CCCOc1cccc(C(=O)F)c1OCC=C. The molecule has 0 saturated heterocycles. The second kappa shape index (κ2) is 7.13. The van der Waals surface area contributed by atoms with Crippen molar-refractivity contribution in [2.75, 3.05) is 13.2 Å². The predicted octanol–water partition coefficient (Wildman–Crippen LogP) is 2.76. The van der Waals surface area contributed by atoms with Crippen LogP contribution >= 0.6 is 0 Å². The normalized spacial score (nSPS) is 9.33. The molecule has 0 amide bonds. The minimum absolute atomic E-state index is 0.0712. The first-order valence-electron chi connectivity index (χ1n) is 5.33. The van der Waals surface area contributed by atoms with Crippen molar-refractivity contribution in [2.45, 2.75) is 6.42 Å². The molecule has 0 spiro atoms. The monoisotopic (exact) mass is 248 g/mol. The van der Waals surface area contributed by atoms with Crippen molar-refractivity contribution < 1.29 is 18.7 Å². The molecule has 0 aliphatic rings. The van der Waals surface area contributed by atoms with E-state index in [4.69, 9.17) is 15.9 Å². The molecule has 0 fully saturated rings. The van der Waals surface area contributed by atoms with E-state index < -0.39 is 6.04 Å². The lowest BCUT2D eigenvalue weighted by molar-refractivity contribution is 0.0831. The fourth-order valence-electron chi connectivity index (χ4n) is 1.30. The Morgan fingerprint density at radius 2 is 2.28 bits per heavy atom. The van der Waals surface area contributed by atoms with Crippen LogP contribution in [0.1, 0.15) is 16.8 Å². The van der Waals surface area contributed by atoms with E-state index in [1.165, 1.54) is 18.2 Å². The van der Waals surface area contributed by atoms with E-state index >= 15 is 0 Å². The van der Waals surface area contributed by atoms with Crippen LogP contribution < -0.4 is 9.47 Å². The number of rotatable bonds is 7. The highest BCUT2D eigenvalue weighted by molar-refractivity contribution is 5.92. The maximum atomic E-state index is 12.9. The molecule has 1 rings (SSSR count). The number of carbonyl (C=O) groups excluding carboxylic acids is 1. The molecule has 1 aromatic carbocycles. The van der Waals surface area contributed by atoms with Gasteiger partial charge in [0.1, 0.15) is 6.61 Å². The minimum atomic E-state index is -1.57. The highest BCUT2D eigenvalue weighted by Gasteiger charge is 2.16. The van der Waals surface area contributed by atoms with Gasteiger partial charge in [-0.15, -0.1) is 12.3 Å². The summed E-state index contributed by atoms with van der Waals surface area (Å²) in [5.74, 6) is 2.77. The van der Waals surface area contributed by atoms with Crippen LogP contribution in [-0.2, 0) is 0 Å². The number of carbonyl (C=O) groups is 1. The molecule has 0 radical (unpaired) electrons. The van der Waals surface area contributed by atoms with E-state index in [1.807, 2.05) is 0 Å². The van der Waals surface area contributed by atoms with Crippen LogP contribution in [0.5, 0.6) is 11.5 Å². The number of ether oxygens (including phenoxy) is 2. The first-order chi connectivity index (χ1) is 8.70. The molecule has 0 heterocycles. The minimum Gasteiger partial charge on any atom is -0.489 e. The fourth-order valence-corrected chi connectivity index (χ4v) is 1.30. The molecule has 4 heteroatoms. The molecule has 0 aliphatic heterocycles. The van der Waals surface area contributed by atoms with Gasteiger partial charge in [-0.1, -0.05) is 18.7 Å². The van der Waals surface area contributed by atoms with E-state index in [0.717, 1.165) is 0 Å². The zero-order valence-electron chi connectivity index (χ0n) is 9.82. The molecule has 0 aliphatic carbocycles. The summed E-state index contributed by atoms with van der Waals surface area (Å²) in [5.41, 5.74) is -0.171. The maximum absolute atomic E-state index is 12.9. The van der Waals surface area contributed by atoms with Crippen LogP contribution in [0.25, 0.3) is 0 Å². The third kappa shape index (κ3) is 3.63. The molecule has 0 aromatic heterocycles. The maximum Gasteiger partial charge on any atom is 0.336 e. The third-order valence-corrected chi connectivity index (χ3v) is 2.04. The van der Waals surface area contributed by atoms with Crippen molar-refractivity contribution >= 4 is 6.04 Å². The lowest BCUT2D eigenvalue weighted by Gasteiger charge is -2.13. The van der Waals surface area contributed by atoms with Gasteiger partial charge < -0.3 is 9.47 Å². The van der Waals surface area contributed by atoms with E-state index in [2.05, 4.69) is 12.5 Å². The molecular formula is C14H13FO3. The van der Waals surface area contributed by atoms with Gasteiger partial charge in [0, 0.05) is 6.42 Å².